The lowest BCUT2D eigenvalue weighted by Gasteiger charge is -2.19. The molecule has 1 saturated heterocycles. The lowest BCUT2D eigenvalue weighted by atomic mass is 10.3. The highest BCUT2D eigenvalue weighted by Crippen LogP contribution is 2.17. The van der Waals surface area contributed by atoms with Gasteiger partial charge in [-0.2, -0.15) is 4.98 Å². The maximum Gasteiger partial charge on any atom is 0.226 e. The van der Waals surface area contributed by atoms with E-state index in [9.17, 15) is 0 Å². The Morgan fingerprint density at radius 1 is 1.40 bits per heavy atom. The van der Waals surface area contributed by atoms with E-state index < -0.39 is 0 Å². The van der Waals surface area contributed by atoms with Gasteiger partial charge in [0.05, 0.1) is 19.8 Å². The van der Waals surface area contributed by atoms with Gasteiger partial charge in [-0.15, -0.1) is 0 Å². The second kappa shape index (κ2) is 5.20. The Morgan fingerprint density at radius 3 is 3.07 bits per heavy atom. The van der Waals surface area contributed by atoms with Gasteiger partial charge >= 0.3 is 0 Å². The standard InChI is InChI=1S/C9H15N3O3/c10-3-1-2-8-11-9(12-15-8)7-6-13-4-5-14-7/h7H,1-6,10H2. The lowest BCUT2D eigenvalue weighted by molar-refractivity contribution is -0.0941. The average Bonchev–Trinajstić information content (AvgIpc) is 2.76. The van der Waals surface area contributed by atoms with Crippen LogP contribution in [-0.4, -0.2) is 36.5 Å². The molecule has 1 aliphatic rings. The number of hydrogen-bond acceptors (Lipinski definition) is 6. The van der Waals surface area contributed by atoms with Gasteiger partial charge in [-0.05, 0) is 13.0 Å². The van der Waals surface area contributed by atoms with Crippen LogP contribution in [0.25, 0.3) is 0 Å². The van der Waals surface area contributed by atoms with Crippen LogP contribution in [0.5, 0.6) is 0 Å². The summed E-state index contributed by atoms with van der Waals surface area (Å²) in [5.74, 6) is 1.19. The molecule has 0 aromatic carbocycles. The molecule has 1 aromatic rings. The van der Waals surface area contributed by atoms with E-state index >= 15 is 0 Å². The summed E-state index contributed by atoms with van der Waals surface area (Å²) in [7, 11) is 0. The molecule has 6 heteroatoms. The number of nitrogens with two attached hydrogens (primary N) is 1. The SMILES string of the molecule is NCCCc1nc(C2COCCO2)no1. The topological polar surface area (TPSA) is 83.4 Å². The Labute approximate surface area is 87.7 Å². The zero-order chi connectivity index (χ0) is 10.5. The maximum absolute atomic E-state index is 5.45. The van der Waals surface area contributed by atoms with Crippen molar-refractivity contribution in [2.45, 2.75) is 18.9 Å². The molecule has 2 heterocycles. The molecule has 1 unspecified atom stereocenters. The van der Waals surface area contributed by atoms with Crippen molar-refractivity contribution in [3.63, 3.8) is 0 Å². The molecule has 2 N–H and O–H groups in total. The first-order valence-electron chi connectivity index (χ1n) is 5.12. The fourth-order valence-corrected chi connectivity index (χ4v) is 1.39. The van der Waals surface area contributed by atoms with Crippen LogP contribution in [0.2, 0.25) is 0 Å². The van der Waals surface area contributed by atoms with Crippen LogP contribution < -0.4 is 5.73 Å². The number of nitrogens with zero attached hydrogens (tertiary/aromatic N) is 2. The summed E-state index contributed by atoms with van der Waals surface area (Å²) in [6.45, 7) is 2.34. The molecule has 0 bridgehead atoms. The second-order valence-electron chi connectivity index (χ2n) is 3.37. The van der Waals surface area contributed by atoms with Gasteiger partial charge in [0.2, 0.25) is 11.7 Å². The molecule has 84 valence electrons. The Kier molecular flexibility index (Phi) is 3.65. The Bertz CT molecular complexity index is 297. The zero-order valence-corrected chi connectivity index (χ0v) is 8.52. The summed E-state index contributed by atoms with van der Waals surface area (Å²) < 4.78 is 15.8. The van der Waals surface area contributed by atoms with Crippen molar-refractivity contribution in [3.8, 4) is 0 Å². The van der Waals surface area contributed by atoms with E-state index in [0.717, 1.165) is 12.8 Å². The highest BCUT2D eigenvalue weighted by molar-refractivity contribution is 4.92. The van der Waals surface area contributed by atoms with Gasteiger partial charge in [0.1, 0.15) is 6.10 Å². The molecular weight excluding hydrogens is 198 g/mol. The fourth-order valence-electron chi connectivity index (χ4n) is 1.39. The van der Waals surface area contributed by atoms with Crippen molar-refractivity contribution < 1.29 is 14.0 Å². The first kappa shape index (κ1) is 10.5. The van der Waals surface area contributed by atoms with Crippen LogP contribution in [0.4, 0.5) is 0 Å². The highest BCUT2D eigenvalue weighted by Gasteiger charge is 2.21. The van der Waals surface area contributed by atoms with Gasteiger partial charge in [-0.3, -0.25) is 0 Å². The van der Waals surface area contributed by atoms with Crippen LogP contribution in [0, 0.1) is 0 Å². The van der Waals surface area contributed by atoms with Crippen molar-refractivity contribution >= 4 is 0 Å². The predicted molar refractivity (Wildman–Crippen MR) is 51.2 cm³/mol. The molecule has 0 radical (unpaired) electrons. The largest absolute Gasteiger partial charge is 0.376 e. The summed E-state index contributed by atoms with van der Waals surface area (Å²) in [6.07, 6.45) is 1.38. The van der Waals surface area contributed by atoms with E-state index in [-0.39, 0.29) is 6.10 Å². The molecule has 6 nitrogen and oxygen atoms in total. The van der Waals surface area contributed by atoms with E-state index in [1.165, 1.54) is 0 Å². The number of ether oxygens (including phenoxy) is 2. The molecule has 1 aliphatic heterocycles. The number of hydrogen-bond donors (Lipinski definition) is 1. The van der Waals surface area contributed by atoms with Crippen LogP contribution in [0.15, 0.2) is 4.52 Å². The molecule has 1 fully saturated rings. The minimum atomic E-state index is -0.186. The molecule has 0 amide bonds. The van der Waals surface area contributed by atoms with Crippen LogP contribution in [0.3, 0.4) is 0 Å². The lowest BCUT2D eigenvalue weighted by Crippen LogP contribution is -2.22. The van der Waals surface area contributed by atoms with E-state index in [2.05, 4.69) is 10.1 Å². The van der Waals surface area contributed by atoms with Gasteiger partial charge < -0.3 is 19.7 Å². The fraction of sp³-hybridized carbons (Fsp3) is 0.778. The minimum absolute atomic E-state index is 0.186. The summed E-state index contributed by atoms with van der Waals surface area (Å²) in [5.41, 5.74) is 5.39. The number of aromatic nitrogens is 2. The molecule has 1 atom stereocenters. The van der Waals surface area contributed by atoms with Crippen molar-refractivity contribution in [1.29, 1.82) is 0 Å². The van der Waals surface area contributed by atoms with Gasteiger partial charge in [0, 0.05) is 6.42 Å². The summed E-state index contributed by atoms with van der Waals surface area (Å²) in [4.78, 5) is 4.23. The smallest absolute Gasteiger partial charge is 0.226 e. The van der Waals surface area contributed by atoms with Crippen LogP contribution >= 0.6 is 0 Å². The van der Waals surface area contributed by atoms with Crippen molar-refractivity contribution in [2.75, 3.05) is 26.4 Å². The Morgan fingerprint density at radius 2 is 2.33 bits per heavy atom. The molecule has 0 aliphatic carbocycles. The van der Waals surface area contributed by atoms with E-state index in [1.807, 2.05) is 0 Å². The zero-order valence-electron chi connectivity index (χ0n) is 8.52. The molecule has 15 heavy (non-hydrogen) atoms. The van der Waals surface area contributed by atoms with Crippen LogP contribution in [0.1, 0.15) is 24.2 Å². The van der Waals surface area contributed by atoms with Crippen molar-refractivity contribution in [2.24, 2.45) is 5.73 Å². The normalized spacial score (nSPS) is 21.8. The van der Waals surface area contributed by atoms with E-state index in [1.54, 1.807) is 0 Å². The first-order chi connectivity index (χ1) is 7.40. The summed E-state index contributed by atoms with van der Waals surface area (Å²) in [5, 5.41) is 3.86. The van der Waals surface area contributed by atoms with Crippen molar-refractivity contribution in [1.82, 2.24) is 10.1 Å². The third kappa shape index (κ3) is 2.74. The predicted octanol–water partition coefficient (Wildman–Crippen LogP) is 0.0488. The average molecular weight is 213 g/mol. The van der Waals surface area contributed by atoms with Gasteiger partial charge in [-0.1, -0.05) is 5.16 Å². The molecule has 0 spiro atoms. The summed E-state index contributed by atoms with van der Waals surface area (Å²) in [6, 6.07) is 0. The molecule has 0 saturated carbocycles. The highest BCUT2D eigenvalue weighted by atomic mass is 16.6. The monoisotopic (exact) mass is 213 g/mol. The first-order valence-corrected chi connectivity index (χ1v) is 5.12. The third-order valence-electron chi connectivity index (χ3n) is 2.18. The summed E-state index contributed by atoms with van der Waals surface area (Å²) >= 11 is 0. The van der Waals surface area contributed by atoms with E-state index in [4.69, 9.17) is 19.7 Å². The second-order valence-corrected chi connectivity index (χ2v) is 3.37. The maximum atomic E-state index is 5.45. The van der Waals surface area contributed by atoms with E-state index in [0.29, 0.717) is 38.1 Å². The quantitative estimate of drug-likeness (QED) is 0.760. The van der Waals surface area contributed by atoms with Crippen LogP contribution in [-0.2, 0) is 15.9 Å². The van der Waals surface area contributed by atoms with Crippen molar-refractivity contribution in [3.05, 3.63) is 11.7 Å². The molecular formula is C9H15N3O3. The minimum Gasteiger partial charge on any atom is -0.376 e. The Balaban J connectivity index is 1.93. The van der Waals surface area contributed by atoms with Gasteiger partial charge in [-0.25, -0.2) is 0 Å². The number of rotatable bonds is 4. The Hall–Kier alpha value is -0.980. The number of aryl methyl sites for hydroxylation is 1. The third-order valence-corrected chi connectivity index (χ3v) is 2.18. The molecule has 1 aromatic heterocycles. The van der Waals surface area contributed by atoms with Gasteiger partial charge in [0.25, 0.3) is 0 Å². The molecule has 2 rings (SSSR count). The van der Waals surface area contributed by atoms with Gasteiger partial charge in [0.15, 0.2) is 0 Å².